The van der Waals surface area contributed by atoms with Gasteiger partial charge in [0.25, 0.3) is 0 Å². The van der Waals surface area contributed by atoms with Gasteiger partial charge in [0.2, 0.25) is 5.78 Å². The third-order valence-corrected chi connectivity index (χ3v) is 2.70. The molecule has 0 fully saturated rings. The number of hydrogen-bond acceptors (Lipinski definition) is 2. The minimum atomic E-state index is -0.362. The molecule has 0 aliphatic heterocycles. The van der Waals surface area contributed by atoms with E-state index in [4.69, 9.17) is 5.84 Å². The molecule has 0 saturated carbocycles. The Balaban J connectivity index is 2.37. The van der Waals surface area contributed by atoms with E-state index in [1.165, 1.54) is 28.9 Å². The lowest BCUT2D eigenvalue weighted by Crippen LogP contribution is -2.19. The molecular weight excluding hydrogens is 219 g/mol. The summed E-state index contributed by atoms with van der Waals surface area (Å²) >= 11 is 0. The molecule has 3 nitrogen and oxygen atoms in total. The second kappa shape index (κ2) is 4.41. The van der Waals surface area contributed by atoms with Crippen LogP contribution in [0.2, 0.25) is 0 Å². The van der Waals surface area contributed by atoms with Gasteiger partial charge in [-0.1, -0.05) is 6.92 Å². The molecule has 2 aromatic rings. The van der Waals surface area contributed by atoms with Crippen LogP contribution in [0.25, 0.3) is 0 Å². The zero-order valence-electron chi connectivity index (χ0n) is 9.48. The predicted molar refractivity (Wildman–Crippen MR) is 63.8 cm³/mol. The molecule has 0 bridgehead atoms. The maximum absolute atomic E-state index is 12.7. The molecule has 0 saturated heterocycles. The molecule has 0 spiro atoms. The van der Waals surface area contributed by atoms with Crippen molar-refractivity contribution >= 4 is 5.78 Å². The molecular formula is C13H13FN2O. The van der Waals surface area contributed by atoms with Crippen molar-refractivity contribution in [1.29, 1.82) is 0 Å². The Morgan fingerprint density at radius 3 is 2.41 bits per heavy atom. The largest absolute Gasteiger partial charge is 0.339 e. The van der Waals surface area contributed by atoms with Crippen molar-refractivity contribution in [2.45, 2.75) is 13.3 Å². The third-order valence-electron chi connectivity index (χ3n) is 2.70. The summed E-state index contributed by atoms with van der Waals surface area (Å²) in [6, 6.07) is 8.93. The molecule has 1 heterocycles. The van der Waals surface area contributed by atoms with Crippen LogP contribution in [0.15, 0.2) is 36.4 Å². The zero-order chi connectivity index (χ0) is 12.4. The van der Waals surface area contributed by atoms with Gasteiger partial charge in [-0.05, 0) is 42.8 Å². The summed E-state index contributed by atoms with van der Waals surface area (Å²) in [6.07, 6.45) is 0.757. The van der Waals surface area contributed by atoms with Crippen LogP contribution in [0.1, 0.15) is 28.7 Å². The first-order valence-corrected chi connectivity index (χ1v) is 5.39. The van der Waals surface area contributed by atoms with E-state index in [2.05, 4.69) is 0 Å². The highest BCUT2D eigenvalue weighted by molar-refractivity contribution is 6.08. The molecule has 1 aromatic heterocycles. The normalized spacial score (nSPS) is 10.5. The van der Waals surface area contributed by atoms with E-state index in [1.54, 1.807) is 6.07 Å². The average Bonchev–Trinajstić information content (AvgIpc) is 2.70. The Bertz CT molecular complexity index is 543. The predicted octanol–water partition coefficient (Wildman–Crippen LogP) is 2.13. The molecule has 2 rings (SSSR count). The van der Waals surface area contributed by atoms with Gasteiger partial charge in [-0.25, -0.2) is 4.39 Å². The first-order chi connectivity index (χ1) is 8.13. The number of aromatic nitrogens is 1. The lowest BCUT2D eigenvalue weighted by Gasteiger charge is -2.05. The number of rotatable bonds is 3. The molecule has 0 aliphatic rings. The molecule has 0 radical (unpaired) electrons. The maximum Gasteiger partial charge on any atom is 0.211 e. The van der Waals surface area contributed by atoms with Gasteiger partial charge < -0.3 is 5.84 Å². The second-order valence-corrected chi connectivity index (χ2v) is 3.77. The lowest BCUT2D eigenvalue weighted by molar-refractivity contribution is 0.103. The molecule has 0 atom stereocenters. The second-order valence-electron chi connectivity index (χ2n) is 3.77. The number of carbonyl (C=O) groups excluding carboxylic acids is 1. The molecule has 4 heteroatoms. The zero-order valence-corrected chi connectivity index (χ0v) is 9.48. The number of halogens is 1. The quantitative estimate of drug-likeness (QED) is 0.651. The van der Waals surface area contributed by atoms with Crippen LogP contribution in [0.5, 0.6) is 0 Å². The number of benzene rings is 1. The average molecular weight is 232 g/mol. The summed E-state index contributed by atoms with van der Waals surface area (Å²) < 4.78 is 14.1. The number of nitrogens with two attached hydrogens (primary N) is 1. The summed E-state index contributed by atoms with van der Waals surface area (Å²) in [5.74, 6) is 5.24. The third kappa shape index (κ3) is 2.06. The van der Waals surface area contributed by atoms with Crippen molar-refractivity contribution in [3.05, 3.63) is 59.2 Å². The Morgan fingerprint density at radius 2 is 1.88 bits per heavy atom. The van der Waals surface area contributed by atoms with Gasteiger partial charge in [-0.2, -0.15) is 0 Å². The Hall–Kier alpha value is -2.10. The van der Waals surface area contributed by atoms with E-state index in [-0.39, 0.29) is 11.6 Å². The maximum atomic E-state index is 12.7. The van der Waals surface area contributed by atoms with Crippen LogP contribution in [0, 0.1) is 5.82 Å². The fourth-order valence-corrected chi connectivity index (χ4v) is 1.71. The lowest BCUT2D eigenvalue weighted by atomic mass is 10.1. The van der Waals surface area contributed by atoms with Gasteiger partial charge in [0.1, 0.15) is 11.5 Å². The van der Waals surface area contributed by atoms with Gasteiger partial charge in [-0.15, -0.1) is 0 Å². The van der Waals surface area contributed by atoms with Gasteiger partial charge in [-0.3, -0.25) is 9.47 Å². The van der Waals surface area contributed by atoms with Gasteiger partial charge in [0, 0.05) is 11.3 Å². The highest BCUT2D eigenvalue weighted by Gasteiger charge is 2.14. The highest BCUT2D eigenvalue weighted by atomic mass is 19.1. The number of nitrogens with zero attached hydrogens (tertiary/aromatic N) is 1. The molecule has 0 unspecified atom stereocenters. The molecule has 1 aromatic carbocycles. The van der Waals surface area contributed by atoms with Crippen molar-refractivity contribution in [1.82, 2.24) is 4.68 Å². The van der Waals surface area contributed by atoms with E-state index in [0.717, 1.165) is 12.1 Å². The van der Waals surface area contributed by atoms with Gasteiger partial charge in [0.05, 0.1) is 0 Å². The van der Waals surface area contributed by atoms with Gasteiger partial charge in [0.15, 0.2) is 0 Å². The first kappa shape index (κ1) is 11.4. The molecule has 0 amide bonds. The number of carbonyl (C=O) groups is 1. The smallest absolute Gasteiger partial charge is 0.211 e. The van der Waals surface area contributed by atoms with E-state index in [9.17, 15) is 9.18 Å². The molecule has 17 heavy (non-hydrogen) atoms. The summed E-state index contributed by atoms with van der Waals surface area (Å²) in [6.45, 7) is 1.96. The summed E-state index contributed by atoms with van der Waals surface area (Å²) in [7, 11) is 0. The van der Waals surface area contributed by atoms with Crippen LogP contribution >= 0.6 is 0 Å². The number of aryl methyl sites for hydroxylation is 1. The fourth-order valence-electron chi connectivity index (χ4n) is 1.71. The van der Waals surface area contributed by atoms with E-state index in [0.29, 0.717) is 11.3 Å². The highest BCUT2D eigenvalue weighted by Crippen LogP contribution is 2.13. The van der Waals surface area contributed by atoms with Gasteiger partial charge >= 0.3 is 0 Å². The van der Waals surface area contributed by atoms with E-state index >= 15 is 0 Å². The first-order valence-electron chi connectivity index (χ1n) is 5.39. The van der Waals surface area contributed by atoms with Crippen molar-refractivity contribution in [3.63, 3.8) is 0 Å². The number of ketones is 1. The standard InChI is InChI=1S/C13H13FN2O/c1-2-11-7-8-12(16(11)15)13(17)9-3-5-10(14)6-4-9/h3-8H,2,15H2,1H3. The number of nitrogen functional groups attached to an aromatic ring is 1. The minimum Gasteiger partial charge on any atom is -0.339 e. The van der Waals surface area contributed by atoms with Crippen LogP contribution in [-0.4, -0.2) is 10.5 Å². The monoisotopic (exact) mass is 232 g/mol. The topological polar surface area (TPSA) is 48.0 Å². The number of hydrogen-bond donors (Lipinski definition) is 1. The van der Waals surface area contributed by atoms with E-state index < -0.39 is 0 Å². The molecule has 88 valence electrons. The van der Waals surface area contributed by atoms with Crippen LogP contribution in [0.3, 0.4) is 0 Å². The molecule has 2 N–H and O–H groups in total. The Kier molecular flexibility index (Phi) is 2.95. The van der Waals surface area contributed by atoms with Crippen molar-refractivity contribution < 1.29 is 9.18 Å². The summed E-state index contributed by atoms with van der Waals surface area (Å²) in [4.78, 5) is 12.1. The molecule has 0 aliphatic carbocycles. The van der Waals surface area contributed by atoms with Crippen molar-refractivity contribution in [3.8, 4) is 0 Å². The van der Waals surface area contributed by atoms with Crippen LogP contribution in [-0.2, 0) is 6.42 Å². The summed E-state index contributed by atoms with van der Waals surface area (Å²) in [5, 5.41) is 0. The van der Waals surface area contributed by atoms with Crippen LogP contribution < -0.4 is 5.84 Å². The summed E-state index contributed by atoms with van der Waals surface area (Å²) in [5.41, 5.74) is 1.72. The van der Waals surface area contributed by atoms with Crippen molar-refractivity contribution in [2.24, 2.45) is 0 Å². The SMILES string of the molecule is CCc1ccc(C(=O)c2ccc(F)cc2)n1N. The Morgan fingerprint density at radius 1 is 1.24 bits per heavy atom. The fraction of sp³-hybridized carbons (Fsp3) is 0.154. The van der Waals surface area contributed by atoms with E-state index in [1.807, 2.05) is 13.0 Å². The van der Waals surface area contributed by atoms with Crippen molar-refractivity contribution in [2.75, 3.05) is 5.84 Å². The Labute approximate surface area is 98.6 Å². The van der Waals surface area contributed by atoms with Crippen LogP contribution in [0.4, 0.5) is 4.39 Å². The minimum absolute atomic E-state index is 0.202.